The van der Waals surface area contributed by atoms with Gasteiger partial charge in [-0.3, -0.25) is 0 Å². The number of hydrogen-bond acceptors (Lipinski definition) is 1. The van der Waals surface area contributed by atoms with Crippen LogP contribution in [0, 0.1) is 5.92 Å². The number of likely N-dealkylation sites (tertiary alicyclic amines) is 1. The molecule has 0 aromatic rings. The van der Waals surface area contributed by atoms with E-state index in [0.717, 1.165) is 12.0 Å². The molecule has 0 aromatic heterocycles. The molecule has 2 aliphatic rings. The number of nitrogens with zero attached hydrogens (tertiary/aromatic N) is 1. The van der Waals surface area contributed by atoms with Gasteiger partial charge in [-0.15, -0.1) is 0 Å². The third-order valence-corrected chi connectivity index (χ3v) is 3.51. The van der Waals surface area contributed by atoms with Crippen molar-refractivity contribution < 1.29 is 0 Å². The van der Waals surface area contributed by atoms with Crippen LogP contribution in [-0.4, -0.2) is 24.0 Å². The maximum absolute atomic E-state index is 2.70. The molecule has 2 rings (SSSR count). The molecule has 0 aromatic carbocycles. The predicted molar refractivity (Wildman–Crippen MR) is 47.6 cm³/mol. The largest absolute Gasteiger partial charge is 0.300 e. The van der Waals surface area contributed by atoms with Crippen LogP contribution in [0.15, 0.2) is 0 Å². The normalized spacial score (nSPS) is 39.0. The smallest absolute Gasteiger partial charge is 0.0123 e. The quantitative estimate of drug-likeness (QED) is 0.558. The van der Waals surface area contributed by atoms with Crippen molar-refractivity contribution in [2.45, 2.75) is 45.1 Å². The highest BCUT2D eigenvalue weighted by atomic mass is 15.2. The van der Waals surface area contributed by atoms with E-state index in [1.165, 1.54) is 45.2 Å². The van der Waals surface area contributed by atoms with Gasteiger partial charge in [0.15, 0.2) is 0 Å². The van der Waals surface area contributed by atoms with Gasteiger partial charge in [-0.2, -0.15) is 0 Å². The van der Waals surface area contributed by atoms with E-state index in [-0.39, 0.29) is 0 Å². The number of hydrogen-bond donors (Lipinski definition) is 0. The minimum atomic E-state index is 0.980. The lowest BCUT2D eigenvalue weighted by Gasteiger charge is -2.36. The minimum Gasteiger partial charge on any atom is -0.300 e. The molecule has 1 aliphatic heterocycles. The SMILES string of the molecule is CCN1CCCC2CCCC21. The van der Waals surface area contributed by atoms with E-state index in [1.807, 2.05) is 0 Å². The lowest BCUT2D eigenvalue weighted by molar-refractivity contribution is 0.120. The van der Waals surface area contributed by atoms with Gasteiger partial charge in [0.25, 0.3) is 0 Å². The van der Waals surface area contributed by atoms with Crippen molar-refractivity contribution in [2.75, 3.05) is 13.1 Å². The van der Waals surface area contributed by atoms with E-state index in [4.69, 9.17) is 0 Å². The maximum Gasteiger partial charge on any atom is 0.0123 e. The molecular formula is C10H19N. The summed E-state index contributed by atoms with van der Waals surface area (Å²) < 4.78 is 0. The van der Waals surface area contributed by atoms with Crippen LogP contribution in [-0.2, 0) is 0 Å². The summed E-state index contributed by atoms with van der Waals surface area (Å²) in [4.78, 5) is 2.70. The summed E-state index contributed by atoms with van der Waals surface area (Å²) in [6, 6.07) is 0.980. The summed E-state index contributed by atoms with van der Waals surface area (Å²) in [5.41, 5.74) is 0. The molecule has 2 fully saturated rings. The highest BCUT2D eigenvalue weighted by Gasteiger charge is 2.33. The van der Waals surface area contributed by atoms with Crippen LogP contribution in [0.25, 0.3) is 0 Å². The van der Waals surface area contributed by atoms with Crippen molar-refractivity contribution in [3.05, 3.63) is 0 Å². The van der Waals surface area contributed by atoms with Crippen LogP contribution in [0.4, 0.5) is 0 Å². The minimum absolute atomic E-state index is 0.980. The van der Waals surface area contributed by atoms with Gasteiger partial charge in [-0.1, -0.05) is 13.3 Å². The molecule has 1 aliphatic carbocycles. The third kappa shape index (κ3) is 1.31. The Morgan fingerprint density at radius 2 is 2.00 bits per heavy atom. The fourth-order valence-corrected chi connectivity index (χ4v) is 2.95. The zero-order valence-electron chi connectivity index (χ0n) is 7.55. The first kappa shape index (κ1) is 7.60. The molecule has 0 spiro atoms. The van der Waals surface area contributed by atoms with Crippen molar-refractivity contribution in [2.24, 2.45) is 5.92 Å². The molecule has 64 valence electrons. The second-order valence-corrected chi connectivity index (χ2v) is 4.03. The Kier molecular flexibility index (Phi) is 2.17. The van der Waals surface area contributed by atoms with Crippen LogP contribution in [0.2, 0.25) is 0 Å². The number of rotatable bonds is 1. The van der Waals surface area contributed by atoms with E-state index in [0.29, 0.717) is 0 Å². The van der Waals surface area contributed by atoms with Gasteiger partial charge in [0.2, 0.25) is 0 Å². The number of fused-ring (bicyclic) bond motifs is 1. The van der Waals surface area contributed by atoms with E-state index in [9.17, 15) is 0 Å². The van der Waals surface area contributed by atoms with E-state index in [2.05, 4.69) is 11.8 Å². The monoisotopic (exact) mass is 153 g/mol. The highest BCUT2D eigenvalue weighted by molar-refractivity contribution is 4.88. The Balaban J connectivity index is 2.00. The van der Waals surface area contributed by atoms with Gasteiger partial charge < -0.3 is 4.90 Å². The first-order chi connectivity index (χ1) is 5.42. The topological polar surface area (TPSA) is 3.24 Å². The predicted octanol–water partition coefficient (Wildman–Crippen LogP) is 2.27. The zero-order chi connectivity index (χ0) is 7.68. The second-order valence-electron chi connectivity index (χ2n) is 4.03. The fraction of sp³-hybridized carbons (Fsp3) is 1.00. The Morgan fingerprint density at radius 1 is 1.18 bits per heavy atom. The summed E-state index contributed by atoms with van der Waals surface area (Å²) in [7, 11) is 0. The van der Waals surface area contributed by atoms with Crippen molar-refractivity contribution in [1.82, 2.24) is 4.90 Å². The molecule has 2 unspecified atom stereocenters. The Hall–Kier alpha value is -0.0400. The molecular weight excluding hydrogens is 134 g/mol. The van der Waals surface area contributed by atoms with Crippen LogP contribution in [0.3, 0.4) is 0 Å². The molecule has 0 bridgehead atoms. The Labute approximate surface area is 69.8 Å². The van der Waals surface area contributed by atoms with Crippen molar-refractivity contribution in [1.29, 1.82) is 0 Å². The fourth-order valence-electron chi connectivity index (χ4n) is 2.95. The summed E-state index contributed by atoms with van der Waals surface area (Å²) in [5.74, 6) is 1.07. The Morgan fingerprint density at radius 3 is 2.82 bits per heavy atom. The molecule has 1 saturated carbocycles. The standard InChI is InChI=1S/C10H19N/c1-2-11-8-4-6-9-5-3-7-10(9)11/h9-10H,2-8H2,1H3. The van der Waals surface area contributed by atoms with Gasteiger partial charge in [0.05, 0.1) is 0 Å². The van der Waals surface area contributed by atoms with Crippen LogP contribution in [0.5, 0.6) is 0 Å². The molecule has 1 heterocycles. The van der Waals surface area contributed by atoms with E-state index < -0.39 is 0 Å². The van der Waals surface area contributed by atoms with Crippen LogP contribution in [0.1, 0.15) is 39.0 Å². The molecule has 0 amide bonds. The van der Waals surface area contributed by atoms with Gasteiger partial charge >= 0.3 is 0 Å². The molecule has 1 nitrogen and oxygen atoms in total. The highest BCUT2D eigenvalue weighted by Crippen LogP contribution is 2.36. The van der Waals surface area contributed by atoms with Gasteiger partial charge in [0, 0.05) is 6.04 Å². The van der Waals surface area contributed by atoms with Crippen LogP contribution < -0.4 is 0 Å². The summed E-state index contributed by atoms with van der Waals surface area (Å²) in [6.45, 7) is 4.96. The first-order valence-electron chi connectivity index (χ1n) is 5.16. The lowest BCUT2D eigenvalue weighted by Crippen LogP contribution is -2.42. The van der Waals surface area contributed by atoms with Gasteiger partial charge in [-0.25, -0.2) is 0 Å². The van der Waals surface area contributed by atoms with Crippen molar-refractivity contribution >= 4 is 0 Å². The van der Waals surface area contributed by atoms with E-state index >= 15 is 0 Å². The molecule has 1 saturated heterocycles. The second kappa shape index (κ2) is 3.14. The average molecular weight is 153 g/mol. The maximum atomic E-state index is 2.70. The lowest BCUT2D eigenvalue weighted by atomic mass is 9.92. The molecule has 0 radical (unpaired) electrons. The molecule has 11 heavy (non-hydrogen) atoms. The summed E-state index contributed by atoms with van der Waals surface area (Å²) in [6.07, 6.45) is 7.46. The number of piperidine rings is 1. The molecule has 2 atom stereocenters. The Bertz CT molecular complexity index is 133. The van der Waals surface area contributed by atoms with Crippen molar-refractivity contribution in [3.63, 3.8) is 0 Å². The molecule has 0 N–H and O–H groups in total. The van der Waals surface area contributed by atoms with Crippen molar-refractivity contribution in [3.8, 4) is 0 Å². The van der Waals surface area contributed by atoms with Gasteiger partial charge in [0.1, 0.15) is 0 Å². The third-order valence-electron chi connectivity index (χ3n) is 3.51. The summed E-state index contributed by atoms with van der Waals surface area (Å²) >= 11 is 0. The van der Waals surface area contributed by atoms with Crippen LogP contribution >= 0.6 is 0 Å². The van der Waals surface area contributed by atoms with Gasteiger partial charge in [-0.05, 0) is 44.7 Å². The average Bonchev–Trinajstić information content (AvgIpc) is 2.50. The first-order valence-corrected chi connectivity index (χ1v) is 5.16. The summed E-state index contributed by atoms with van der Waals surface area (Å²) in [5, 5.41) is 0. The van der Waals surface area contributed by atoms with E-state index in [1.54, 1.807) is 0 Å². The molecule has 1 heteroatoms. The zero-order valence-corrected chi connectivity index (χ0v) is 7.55.